The number of aromatic nitrogens is 3. The molecule has 0 saturated carbocycles. The molecule has 2 aliphatic rings. The third-order valence-electron chi connectivity index (χ3n) is 5.30. The Bertz CT molecular complexity index is 1030. The molecule has 2 aromatic heterocycles. The number of carbonyl (C=O) groups excluding carboxylic acids is 3. The second-order valence-corrected chi connectivity index (χ2v) is 8.45. The Labute approximate surface area is 165 Å². The molecular formula is C18H21N5O4S. The Morgan fingerprint density at radius 2 is 2.11 bits per heavy atom. The number of hydrogen-bond acceptors (Lipinski definition) is 6. The summed E-state index contributed by atoms with van der Waals surface area (Å²) < 4.78 is 1.42. The maximum absolute atomic E-state index is 12.7. The van der Waals surface area contributed by atoms with E-state index in [-0.39, 0.29) is 35.0 Å². The number of nitrogens with zero attached hydrogens (tertiary/aromatic N) is 4. The number of hydrogen-bond donors (Lipinski definition) is 1. The highest BCUT2D eigenvalue weighted by Gasteiger charge is 2.39. The van der Waals surface area contributed by atoms with E-state index in [1.165, 1.54) is 17.6 Å². The number of thioether (sulfide) groups is 1. The molecule has 2 aromatic rings. The van der Waals surface area contributed by atoms with Gasteiger partial charge >= 0.3 is 0 Å². The summed E-state index contributed by atoms with van der Waals surface area (Å²) in [5.74, 6) is -0.371. The molecule has 0 spiro atoms. The van der Waals surface area contributed by atoms with Crippen molar-refractivity contribution in [1.82, 2.24) is 24.4 Å². The van der Waals surface area contributed by atoms with Crippen molar-refractivity contribution in [1.29, 1.82) is 0 Å². The van der Waals surface area contributed by atoms with E-state index in [2.05, 4.69) is 10.1 Å². The Kier molecular flexibility index (Phi) is 4.74. The van der Waals surface area contributed by atoms with Crippen LogP contribution in [0.1, 0.15) is 36.6 Å². The number of fused-ring (bicyclic) bond motifs is 1. The number of piperidine rings is 1. The summed E-state index contributed by atoms with van der Waals surface area (Å²) in [6, 6.07) is 3.33. The van der Waals surface area contributed by atoms with Gasteiger partial charge in [-0.1, -0.05) is 11.8 Å². The molecule has 1 N–H and O–H groups in total. The van der Waals surface area contributed by atoms with Crippen molar-refractivity contribution in [3.05, 3.63) is 33.9 Å². The Morgan fingerprint density at radius 1 is 1.32 bits per heavy atom. The summed E-state index contributed by atoms with van der Waals surface area (Å²) in [7, 11) is 1.44. The zero-order chi connectivity index (χ0) is 20.0. The number of carbonyl (C=O) groups is 3. The molecule has 0 radical (unpaired) electrons. The second-order valence-electron chi connectivity index (χ2n) is 7.29. The normalized spacial score (nSPS) is 23.1. The van der Waals surface area contributed by atoms with Crippen LogP contribution in [0.25, 0.3) is 5.65 Å². The van der Waals surface area contributed by atoms with E-state index in [0.717, 1.165) is 35.2 Å². The third-order valence-corrected chi connectivity index (χ3v) is 6.42. The van der Waals surface area contributed by atoms with Gasteiger partial charge in [0.05, 0.1) is 0 Å². The molecular weight excluding hydrogens is 382 g/mol. The molecule has 4 heterocycles. The molecule has 2 aliphatic heterocycles. The summed E-state index contributed by atoms with van der Waals surface area (Å²) in [6.07, 6.45) is 1.75. The van der Waals surface area contributed by atoms with Gasteiger partial charge in [0.15, 0.2) is 5.65 Å². The van der Waals surface area contributed by atoms with Gasteiger partial charge in [0, 0.05) is 56.0 Å². The van der Waals surface area contributed by atoms with Gasteiger partial charge in [-0.2, -0.15) is 0 Å². The van der Waals surface area contributed by atoms with Crippen molar-refractivity contribution in [2.75, 3.05) is 20.1 Å². The summed E-state index contributed by atoms with van der Waals surface area (Å²) in [6.45, 7) is 2.91. The molecule has 10 heteroatoms. The van der Waals surface area contributed by atoms with Crippen LogP contribution >= 0.6 is 11.8 Å². The van der Waals surface area contributed by atoms with Gasteiger partial charge in [0.25, 0.3) is 10.8 Å². The highest BCUT2D eigenvalue weighted by atomic mass is 32.2. The smallest absolute Gasteiger partial charge is 0.288 e. The summed E-state index contributed by atoms with van der Waals surface area (Å²) in [5.41, 5.74) is 1.93. The lowest BCUT2D eigenvalue weighted by atomic mass is 9.94. The SMILES string of the molecule is Cc1cc(=O)n2[nH]c([C@@H]3CCCN(C(=O)C[C@@H]4SC(=O)N(C)C4=O)C3)cc2n1. The largest absolute Gasteiger partial charge is 0.342 e. The summed E-state index contributed by atoms with van der Waals surface area (Å²) in [4.78, 5) is 55.7. The van der Waals surface area contributed by atoms with Crippen LogP contribution in [0.15, 0.2) is 16.9 Å². The Hall–Kier alpha value is -2.62. The summed E-state index contributed by atoms with van der Waals surface area (Å²) in [5, 5.41) is 2.16. The van der Waals surface area contributed by atoms with E-state index in [4.69, 9.17) is 0 Å². The van der Waals surface area contributed by atoms with Crippen LogP contribution in [0.4, 0.5) is 4.79 Å². The lowest BCUT2D eigenvalue weighted by Crippen LogP contribution is -2.41. The van der Waals surface area contributed by atoms with Gasteiger partial charge in [0.1, 0.15) is 5.25 Å². The van der Waals surface area contributed by atoms with Crippen LogP contribution < -0.4 is 5.56 Å². The van der Waals surface area contributed by atoms with Crippen LogP contribution in [0.2, 0.25) is 0 Å². The van der Waals surface area contributed by atoms with Crippen molar-refractivity contribution in [2.45, 2.75) is 37.4 Å². The number of H-pyrrole nitrogens is 1. The first-order valence-electron chi connectivity index (χ1n) is 9.19. The first kappa shape index (κ1) is 18.7. The number of likely N-dealkylation sites (tertiary alicyclic amines) is 1. The van der Waals surface area contributed by atoms with Gasteiger partial charge < -0.3 is 4.90 Å². The molecule has 0 unspecified atom stereocenters. The standard InChI is InChI=1S/C18H21N5O4S/c1-10-6-16(25)23-14(19-10)7-12(20-23)11-4-3-5-22(9-11)15(24)8-13-17(26)21(2)18(27)28-13/h6-7,11,13,20H,3-5,8-9H2,1-2H3/t11-,13+/m1/s1. The molecule has 9 nitrogen and oxygen atoms in total. The average Bonchev–Trinajstić information content (AvgIpc) is 3.19. The van der Waals surface area contributed by atoms with Crippen LogP contribution in [0, 0.1) is 6.92 Å². The monoisotopic (exact) mass is 403 g/mol. The van der Waals surface area contributed by atoms with Gasteiger partial charge in [-0.15, -0.1) is 0 Å². The molecule has 148 valence electrons. The minimum Gasteiger partial charge on any atom is -0.342 e. The molecule has 0 aromatic carbocycles. The molecule has 0 bridgehead atoms. The molecule has 2 atom stereocenters. The quantitative estimate of drug-likeness (QED) is 0.823. The maximum atomic E-state index is 12.7. The fourth-order valence-corrected chi connectivity index (χ4v) is 4.75. The average molecular weight is 403 g/mol. The topological polar surface area (TPSA) is 108 Å². The second kappa shape index (κ2) is 7.08. The van der Waals surface area contributed by atoms with Gasteiger partial charge in [0.2, 0.25) is 11.8 Å². The van der Waals surface area contributed by atoms with Crippen molar-refractivity contribution < 1.29 is 14.4 Å². The number of aryl methyl sites for hydroxylation is 1. The molecule has 2 fully saturated rings. The lowest BCUT2D eigenvalue weighted by Gasteiger charge is -2.32. The summed E-state index contributed by atoms with van der Waals surface area (Å²) >= 11 is 0.915. The predicted molar refractivity (Wildman–Crippen MR) is 103 cm³/mol. The first-order valence-corrected chi connectivity index (χ1v) is 10.1. The molecule has 4 rings (SSSR count). The van der Waals surface area contributed by atoms with Crippen LogP contribution in [-0.4, -0.2) is 66.8 Å². The van der Waals surface area contributed by atoms with Crippen LogP contribution in [-0.2, 0) is 9.59 Å². The fourth-order valence-electron chi connectivity index (χ4n) is 3.77. The highest BCUT2D eigenvalue weighted by Crippen LogP contribution is 2.31. The van der Waals surface area contributed by atoms with E-state index >= 15 is 0 Å². The molecule has 3 amide bonds. The zero-order valence-electron chi connectivity index (χ0n) is 15.7. The van der Waals surface area contributed by atoms with Crippen molar-refractivity contribution in [3.8, 4) is 0 Å². The minimum atomic E-state index is -0.635. The molecule has 28 heavy (non-hydrogen) atoms. The highest BCUT2D eigenvalue weighted by molar-refractivity contribution is 8.15. The van der Waals surface area contributed by atoms with Crippen molar-refractivity contribution >= 4 is 34.5 Å². The van der Waals surface area contributed by atoms with Gasteiger partial charge in [-0.3, -0.25) is 29.2 Å². The van der Waals surface area contributed by atoms with E-state index in [0.29, 0.717) is 24.4 Å². The number of rotatable bonds is 3. The van der Waals surface area contributed by atoms with Crippen LogP contribution in [0.3, 0.4) is 0 Å². The number of nitrogens with one attached hydrogen (secondary N) is 1. The number of aromatic amines is 1. The van der Waals surface area contributed by atoms with Gasteiger partial charge in [-0.05, 0) is 19.8 Å². The Balaban J connectivity index is 1.48. The van der Waals surface area contributed by atoms with E-state index < -0.39 is 5.25 Å². The lowest BCUT2D eigenvalue weighted by molar-refractivity contribution is -0.135. The van der Waals surface area contributed by atoms with E-state index in [9.17, 15) is 19.2 Å². The van der Waals surface area contributed by atoms with E-state index in [1.807, 2.05) is 6.07 Å². The van der Waals surface area contributed by atoms with Crippen molar-refractivity contribution in [2.24, 2.45) is 0 Å². The number of imide groups is 1. The Morgan fingerprint density at radius 3 is 2.82 bits per heavy atom. The fraction of sp³-hybridized carbons (Fsp3) is 0.500. The van der Waals surface area contributed by atoms with Crippen molar-refractivity contribution in [3.63, 3.8) is 0 Å². The van der Waals surface area contributed by atoms with Gasteiger partial charge in [-0.25, -0.2) is 9.50 Å². The third kappa shape index (κ3) is 3.32. The molecule has 2 saturated heterocycles. The minimum absolute atomic E-state index is 0.0270. The number of amides is 3. The maximum Gasteiger partial charge on any atom is 0.288 e. The first-order chi connectivity index (χ1) is 13.3. The van der Waals surface area contributed by atoms with Crippen LogP contribution in [0.5, 0.6) is 0 Å². The zero-order valence-corrected chi connectivity index (χ0v) is 16.5. The predicted octanol–water partition coefficient (Wildman–Crippen LogP) is 1.12. The molecule has 0 aliphatic carbocycles. The van der Waals surface area contributed by atoms with E-state index in [1.54, 1.807) is 11.8 Å².